The number of amides is 1. The van der Waals surface area contributed by atoms with E-state index in [4.69, 9.17) is 10.8 Å². The largest absolute Gasteiger partial charge is 0.481 e. The number of hydrogen-bond acceptors (Lipinski definition) is 3. The smallest absolute Gasteiger partial charge is 0.306 e. The van der Waals surface area contributed by atoms with Crippen LogP contribution in [0.3, 0.4) is 0 Å². The zero-order chi connectivity index (χ0) is 12.1. The SMILES string of the molecule is CC(CCNC(=O)CC(N)C1CC1)C(=O)O. The van der Waals surface area contributed by atoms with Crippen molar-refractivity contribution in [3.8, 4) is 0 Å². The summed E-state index contributed by atoms with van der Waals surface area (Å²) in [5, 5.41) is 11.3. The first-order chi connectivity index (χ1) is 7.50. The van der Waals surface area contributed by atoms with Crippen LogP contribution in [0.5, 0.6) is 0 Å². The zero-order valence-corrected chi connectivity index (χ0v) is 9.61. The van der Waals surface area contributed by atoms with Gasteiger partial charge in [0, 0.05) is 19.0 Å². The third-order valence-electron chi connectivity index (χ3n) is 2.97. The van der Waals surface area contributed by atoms with Crippen LogP contribution in [0.25, 0.3) is 0 Å². The van der Waals surface area contributed by atoms with Crippen molar-refractivity contribution in [3.63, 3.8) is 0 Å². The van der Waals surface area contributed by atoms with Crippen LogP contribution in [0.1, 0.15) is 32.6 Å². The fraction of sp³-hybridized carbons (Fsp3) is 0.818. The second-order valence-corrected chi connectivity index (χ2v) is 4.58. The van der Waals surface area contributed by atoms with E-state index in [1.807, 2.05) is 0 Å². The highest BCUT2D eigenvalue weighted by Gasteiger charge is 2.29. The summed E-state index contributed by atoms with van der Waals surface area (Å²) in [6.45, 7) is 2.04. The number of carboxylic acid groups (broad SMARTS) is 1. The lowest BCUT2D eigenvalue weighted by Gasteiger charge is -2.11. The zero-order valence-electron chi connectivity index (χ0n) is 9.61. The molecule has 0 radical (unpaired) electrons. The lowest BCUT2D eigenvalue weighted by molar-refractivity contribution is -0.141. The molecule has 1 amide bonds. The Labute approximate surface area is 95.4 Å². The number of hydrogen-bond donors (Lipinski definition) is 3. The standard InChI is InChI=1S/C11H20N2O3/c1-7(11(15)16)4-5-13-10(14)6-9(12)8-2-3-8/h7-9H,2-6,12H2,1H3,(H,13,14)(H,15,16). The van der Waals surface area contributed by atoms with Crippen molar-refractivity contribution < 1.29 is 14.7 Å². The Morgan fingerprint density at radius 3 is 2.62 bits per heavy atom. The van der Waals surface area contributed by atoms with E-state index in [0.29, 0.717) is 25.3 Å². The van der Waals surface area contributed by atoms with Crippen LogP contribution in [0.15, 0.2) is 0 Å². The topological polar surface area (TPSA) is 92.4 Å². The third-order valence-corrected chi connectivity index (χ3v) is 2.97. The van der Waals surface area contributed by atoms with Gasteiger partial charge in [-0.3, -0.25) is 9.59 Å². The van der Waals surface area contributed by atoms with Crippen molar-refractivity contribution in [1.82, 2.24) is 5.32 Å². The Balaban J connectivity index is 2.07. The van der Waals surface area contributed by atoms with Gasteiger partial charge >= 0.3 is 5.97 Å². The number of nitrogens with one attached hydrogen (secondary N) is 1. The van der Waals surface area contributed by atoms with E-state index >= 15 is 0 Å². The second kappa shape index (κ2) is 5.84. The summed E-state index contributed by atoms with van der Waals surface area (Å²) in [6, 6.07) is -0.0307. The number of aliphatic carboxylic acids is 1. The molecule has 92 valence electrons. The van der Waals surface area contributed by atoms with Crippen LogP contribution in [0.4, 0.5) is 0 Å². The first kappa shape index (κ1) is 13.0. The number of carbonyl (C=O) groups is 2. The molecule has 0 aromatic carbocycles. The minimum atomic E-state index is -0.830. The fourth-order valence-electron chi connectivity index (χ4n) is 1.53. The fourth-order valence-corrected chi connectivity index (χ4v) is 1.53. The molecule has 4 N–H and O–H groups in total. The van der Waals surface area contributed by atoms with Crippen molar-refractivity contribution in [2.45, 2.75) is 38.6 Å². The third kappa shape index (κ3) is 4.61. The van der Waals surface area contributed by atoms with Crippen molar-refractivity contribution in [1.29, 1.82) is 0 Å². The van der Waals surface area contributed by atoms with Gasteiger partial charge in [-0.25, -0.2) is 0 Å². The maximum atomic E-state index is 11.4. The summed E-state index contributed by atoms with van der Waals surface area (Å²) in [7, 11) is 0. The second-order valence-electron chi connectivity index (χ2n) is 4.58. The molecule has 1 rings (SSSR count). The van der Waals surface area contributed by atoms with Gasteiger partial charge < -0.3 is 16.2 Å². The predicted molar refractivity (Wildman–Crippen MR) is 59.7 cm³/mol. The molecule has 0 aromatic rings. The summed E-state index contributed by atoms with van der Waals surface area (Å²) in [5.41, 5.74) is 5.80. The van der Waals surface area contributed by atoms with E-state index in [1.54, 1.807) is 6.92 Å². The number of rotatable bonds is 7. The van der Waals surface area contributed by atoms with Crippen molar-refractivity contribution in [3.05, 3.63) is 0 Å². The molecule has 5 nitrogen and oxygen atoms in total. The first-order valence-electron chi connectivity index (χ1n) is 5.75. The van der Waals surface area contributed by atoms with E-state index in [0.717, 1.165) is 12.8 Å². The van der Waals surface area contributed by atoms with Gasteiger partial charge in [0.2, 0.25) is 5.91 Å². The summed E-state index contributed by atoms with van der Waals surface area (Å²) >= 11 is 0. The van der Waals surface area contributed by atoms with Crippen LogP contribution < -0.4 is 11.1 Å². The normalized spacial score (nSPS) is 18.9. The Morgan fingerprint density at radius 2 is 2.12 bits per heavy atom. The van der Waals surface area contributed by atoms with Crippen LogP contribution in [-0.2, 0) is 9.59 Å². The van der Waals surface area contributed by atoms with E-state index in [9.17, 15) is 9.59 Å². The molecule has 5 heteroatoms. The first-order valence-corrected chi connectivity index (χ1v) is 5.75. The number of carbonyl (C=O) groups excluding carboxylic acids is 1. The lowest BCUT2D eigenvalue weighted by atomic mass is 10.1. The molecule has 2 atom stereocenters. The molecule has 0 aliphatic heterocycles. The van der Waals surface area contributed by atoms with Crippen LogP contribution in [-0.4, -0.2) is 29.6 Å². The van der Waals surface area contributed by atoms with Gasteiger partial charge in [-0.15, -0.1) is 0 Å². The van der Waals surface area contributed by atoms with Gasteiger partial charge in [0.05, 0.1) is 5.92 Å². The van der Waals surface area contributed by atoms with Crippen molar-refractivity contribution in [2.75, 3.05) is 6.54 Å². The van der Waals surface area contributed by atoms with Crippen LogP contribution >= 0.6 is 0 Å². The van der Waals surface area contributed by atoms with E-state index in [2.05, 4.69) is 5.32 Å². The minimum absolute atomic E-state index is 0.0307. The summed E-state index contributed by atoms with van der Waals surface area (Å²) in [6.07, 6.45) is 3.07. The van der Waals surface area contributed by atoms with Gasteiger partial charge in [-0.1, -0.05) is 6.92 Å². The maximum Gasteiger partial charge on any atom is 0.306 e. The average Bonchev–Trinajstić information content (AvgIpc) is 3.00. The molecule has 0 heterocycles. The number of nitrogens with two attached hydrogens (primary N) is 1. The van der Waals surface area contributed by atoms with Crippen molar-refractivity contribution >= 4 is 11.9 Å². The summed E-state index contributed by atoms with van der Waals surface area (Å²) in [4.78, 5) is 21.9. The molecule has 16 heavy (non-hydrogen) atoms. The van der Waals surface area contributed by atoms with Gasteiger partial charge in [-0.2, -0.15) is 0 Å². The molecule has 1 aliphatic rings. The Kier molecular flexibility index (Phi) is 4.73. The molecule has 0 bridgehead atoms. The minimum Gasteiger partial charge on any atom is -0.481 e. The molecule has 1 aliphatic carbocycles. The predicted octanol–water partition coefficient (Wildman–Crippen LogP) is 0.341. The van der Waals surface area contributed by atoms with E-state index in [-0.39, 0.29) is 11.9 Å². The van der Waals surface area contributed by atoms with Crippen LogP contribution in [0, 0.1) is 11.8 Å². The molecule has 0 aromatic heterocycles. The quantitative estimate of drug-likeness (QED) is 0.586. The van der Waals surface area contributed by atoms with Gasteiger partial charge in [0.25, 0.3) is 0 Å². The van der Waals surface area contributed by atoms with Gasteiger partial charge in [0.15, 0.2) is 0 Å². The highest BCUT2D eigenvalue weighted by atomic mass is 16.4. The number of carboxylic acids is 1. The molecule has 0 spiro atoms. The monoisotopic (exact) mass is 228 g/mol. The maximum absolute atomic E-state index is 11.4. The average molecular weight is 228 g/mol. The van der Waals surface area contributed by atoms with E-state index < -0.39 is 11.9 Å². The Hall–Kier alpha value is -1.10. The molecule has 1 fully saturated rings. The Morgan fingerprint density at radius 1 is 1.50 bits per heavy atom. The van der Waals surface area contributed by atoms with Gasteiger partial charge in [-0.05, 0) is 25.2 Å². The molecule has 2 unspecified atom stereocenters. The van der Waals surface area contributed by atoms with Crippen LogP contribution in [0.2, 0.25) is 0 Å². The van der Waals surface area contributed by atoms with Gasteiger partial charge in [0.1, 0.15) is 0 Å². The molecular weight excluding hydrogens is 208 g/mol. The highest BCUT2D eigenvalue weighted by molar-refractivity contribution is 5.76. The highest BCUT2D eigenvalue weighted by Crippen LogP contribution is 2.32. The summed E-state index contributed by atoms with van der Waals surface area (Å²) in [5.74, 6) is -0.804. The lowest BCUT2D eigenvalue weighted by Crippen LogP contribution is -2.34. The molecule has 1 saturated carbocycles. The summed E-state index contributed by atoms with van der Waals surface area (Å²) < 4.78 is 0. The Bertz CT molecular complexity index is 264. The van der Waals surface area contributed by atoms with Crippen molar-refractivity contribution in [2.24, 2.45) is 17.6 Å². The molecule has 0 saturated heterocycles. The van der Waals surface area contributed by atoms with E-state index in [1.165, 1.54) is 0 Å². The molecular formula is C11H20N2O3.